The molecule has 0 heterocycles. The third kappa shape index (κ3) is 5.25. The predicted octanol–water partition coefficient (Wildman–Crippen LogP) is 4.54. The van der Waals surface area contributed by atoms with Gasteiger partial charge in [0.15, 0.2) is 0 Å². The molecule has 1 nitrogen and oxygen atoms in total. The second kappa shape index (κ2) is 8.74. The lowest BCUT2D eigenvalue weighted by Crippen LogP contribution is -2.35. The number of nitrogens with one attached hydrogen (secondary N) is 1. The summed E-state index contributed by atoms with van der Waals surface area (Å²) in [7, 11) is 2.12. The minimum absolute atomic E-state index is 0.722. The highest BCUT2D eigenvalue weighted by Gasteiger charge is 2.25. The second-order valence-electron chi connectivity index (χ2n) is 5.68. The van der Waals surface area contributed by atoms with Crippen LogP contribution in [0.4, 0.5) is 0 Å². The molecule has 0 bridgehead atoms. The Labute approximate surface area is 108 Å². The molecule has 0 saturated heterocycles. The third-order valence-corrected chi connectivity index (χ3v) is 4.48. The van der Waals surface area contributed by atoms with Gasteiger partial charge in [-0.15, -0.1) is 6.58 Å². The fourth-order valence-corrected chi connectivity index (χ4v) is 3.29. The second-order valence-corrected chi connectivity index (χ2v) is 5.68. The normalized spacial score (nSPS) is 26.7. The fourth-order valence-electron chi connectivity index (χ4n) is 3.29. The van der Waals surface area contributed by atoms with E-state index in [2.05, 4.69) is 31.9 Å². The molecule has 1 atom stereocenters. The van der Waals surface area contributed by atoms with Crippen molar-refractivity contribution in [3.8, 4) is 0 Å². The number of hydrogen-bond donors (Lipinski definition) is 1. The highest BCUT2D eigenvalue weighted by atomic mass is 14.9. The highest BCUT2D eigenvalue weighted by molar-refractivity contribution is 4.83. The van der Waals surface area contributed by atoms with Gasteiger partial charge in [-0.05, 0) is 44.6 Å². The molecule has 0 aliphatic heterocycles. The van der Waals surface area contributed by atoms with Gasteiger partial charge in [-0.1, -0.05) is 45.1 Å². The van der Waals surface area contributed by atoms with Crippen LogP contribution in [-0.4, -0.2) is 13.1 Å². The molecule has 1 unspecified atom stereocenters. The largest absolute Gasteiger partial charge is 0.317 e. The first-order valence-electron chi connectivity index (χ1n) is 7.60. The van der Waals surface area contributed by atoms with Crippen LogP contribution in [-0.2, 0) is 0 Å². The summed E-state index contributed by atoms with van der Waals surface area (Å²) in [6.07, 6.45) is 14.6. The Morgan fingerprint density at radius 2 is 2.00 bits per heavy atom. The molecule has 0 aromatic heterocycles. The van der Waals surface area contributed by atoms with Crippen LogP contribution in [0.2, 0.25) is 0 Å². The molecular formula is C16H31N. The van der Waals surface area contributed by atoms with Crippen LogP contribution in [0.25, 0.3) is 0 Å². The smallest absolute Gasteiger partial charge is 0.00952 e. The van der Waals surface area contributed by atoms with Crippen molar-refractivity contribution in [1.82, 2.24) is 5.32 Å². The summed E-state index contributed by atoms with van der Waals surface area (Å²) in [6.45, 7) is 6.13. The molecule has 1 N–H and O–H groups in total. The molecule has 0 radical (unpaired) electrons. The number of allylic oxidation sites excluding steroid dienone is 1. The van der Waals surface area contributed by atoms with E-state index in [4.69, 9.17) is 0 Å². The number of hydrogen-bond acceptors (Lipinski definition) is 1. The third-order valence-electron chi connectivity index (χ3n) is 4.48. The summed E-state index contributed by atoms with van der Waals surface area (Å²) >= 11 is 0. The Morgan fingerprint density at radius 3 is 2.53 bits per heavy atom. The van der Waals surface area contributed by atoms with E-state index >= 15 is 0 Å². The van der Waals surface area contributed by atoms with Gasteiger partial charge >= 0.3 is 0 Å². The molecule has 1 aliphatic carbocycles. The molecule has 1 aliphatic rings. The topological polar surface area (TPSA) is 12.0 Å². The standard InChI is InChI=1S/C16H31N/c1-4-6-8-14-10-12-15(13-11-14)16(17-3)9-7-5-2/h5,14-17H,2,4,6-13H2,1,3H3. The first-order chi connectivity index (χ1) is 8.31. The Morgan fingerprint density at radius 1 is 1.29 bits per heavy atom. The van der Waals surface area contributed by atoms with Crippen molar-refractivity contribution in [3.63, 3.8) is 0 Å². The van der Waals surface area contributed by atoms with Crippen LogP contribution >= 0.6 is 0 Å². The average Bonchev–Trinajstić information content (AvgIpc) is 2.38. The number of unbranched alkanes of at least 4 members (excludes halogenated alkanes) is 1. The maximum atomic E-state index is 3.83. The molecule has 1 heteroatoms. The summed E-state index contributed by atoms with van der Waals surface area (Å²) in [6, 6.07) is 0.722. The Balaban J connectivity index is 2.26. The molecule has 1 saturated carbocycles. The van der Waals surface area contributed by atoms with Gasteiger partial charge in [0.2, 0.25) is 0 Å². The first-order valence-corrected chi connectivity index (χ1v) is 7.60. The van der Waals surface area contributed by atoms with Crippen molar-refractivity contribution in [3.05, 3.63) is 12.7 Å². The average molecular weight is 237 g/mol. The molecular weight excluding hydrogens is 206 g/mol. The van der Waals surface area contributed by atoms with Gasteiger partial charge < -0.3 is 5.32 Å². The maximum Gasteiger partial charge on any atom is 0.00952 e. The maximum absolute atomic E-state index is 3.83. The zero-order valence-electron chi connectivity index (χ0n) is 11.9. The van der Waals surface area contributed by atoms with Crippen LogP contribution in [0, 0.1) is 11.8 Å². The van der Waals surface area contributed by atoms with Gasteiger partial charge in [0.05, 0.1) is 0 Å². The van der Waals surface area contributed by atoms with E-state index in [0.717, 1.165) is 24.3 Å². The summed E-state index contributed by atoms with van der Waals surface area (Å²) in [5, 5.41) is 3.52. The monoisotopic (exact) mass is 237 g/mol. The lowest BCUT2D eigenvalue weighted by Gasteiger charge is -2.33. The van der Waals surface area contributed by atoms with E-state index < -0.39 is 0 Å². The van der Waals surface area contributed by atoms with E-state index in [9.17, 15) is 0 Å². The van der Waals surface area contributed by atoms with E-state index in [0.29, 0.717) is 0 Å². The fraction of sp³-hybridized carbons (Fsp3) is 0.875. The Bertz CT molecular complexity index is 192. The van der Waals surface area contributed by atoms with Gasteiger partial charge in [0.1, 0.15) is 0 Å². The van der Waals surface area contributed by atoms with Gasteiger partial charge in [0, 0.05) is 6.04 Å². The van der Waals surface area contributed by atoms with Crippen molar-refractivity contribution in [1.29, 1.82) is 0 Å². The van der Waals surface area contributed by atoms with Crippen LogP contribution in [0.1, 0.15) is 64.7 Å². The molecule has 1 fully saturated rings. The van der Waals surface area contributed by atoms with Gasteiger partial charge in [0.25, 0.3) is 0 Å². The summed E-state index contributed by atoms with van der Waals surface area (Å²) in [5.41, 5.74) is 0. The molecule has 1 rings (SSSR count). The molecule has 17 heavy (non-hydrogen) atoms. The summed E-state index contributed by atoms with van der Waals surface area (Å²) < 4.78 is 0. The molecule has 0 amide bonds. The lowest BCUT2D eigenvalue weighted by molar-refractivity contribution is 0.211. The van der Waals surface area contributed by atoms with Gasteiger partial charge in [-0.3, -0.25) is 0 Å². The lowest BCUT2D eigenvalue weighted by atomic mass is 9.76. The van der Waals surface area contributed by atoms with Crippen LogP contribution in [0.15, 0.2) is 12.7 Å². The highest BCUT2D eigenvalue weighted by Crippen LogP contribution is 2.34. The van der Waals surface area contributed by atoms with E-state index in [1.807, 2.05) is 0 Å². The van der Waals surface area contributed by atoms with Crippen molar-refractivity contribution >= 4 is 0 Å². The van der Waals surface area contributed by atoms with Crippen LogP contribution in [0.5, 0.6) is 0 Å². The Hall–Kier alpha value is -0.300. The minimum atomic E-state index is 0.722. The van der Waals surface area contributed by atoms with Crippen molar-refractivity contribution in [2.24, 2.45) is 11.8 Å². The SMILES string of the molecule is C=CCCC(NC)C1CCC(CCCC)CC1. The quantitative estimate of drug-likeness (QED) is 0.611. The van der Waals surface area contributed by atoms with E-state index in [-0.39, 0.29) is 0 Å². The minimum Gasteiger partial charge on any atom is -0.317 e. The summed E-state index contributed by atoms with van der Waals surface area (Å²) in [4.78, 5) is 0. The molecule has 0 aromatic rings. The number of rotatable bonds is 8. The van der Waals surface area contributed by atoms with Crippen LogP contribution < -0.4 is 5.32 Å². The first kappa shape index (κ1) is 14.8. The molecule has 0 aromatic carbocycles. The Kier molecular flexibility index (Phi) is 7.59. The predicted molar refractivity (Wildman–Crippen MR) is 77.3 cm³/mol. The molecule has 0 spiro atoms. The zero-order chi connectivity index (χ0) is 12.5. The summed E-state index contributed by atoms with van der Waals surface area (Å²) in [5.74, 6) is 1.95. The van der Waals surface area contributed by atoms with E-state index in [1.54, 1.807) is 0 Å². The van der Waals surface area contributed by atoms with Crippen molar-refractivity contribution < 1.29 is 0 Å². The van der Waals surface area contributed by atoms with Crippen molar-refractivity contribution in [2.45, 2.75) is 70.8 Å². The van der Waals surface area contributed by atoms with Crippen molar-refractivity contribution in [2.75, 3.05) is 7.05 Å². The van der Waals surface area contributed by atoms with E-state index in [1.165, 1.54) is 51.4 Å². The van der Waals surface area contributed by atoms with Crippen LogP contribution in [0.3, 0.4) is 0 Å². The van der Waals surface area contributed by atoms with Gasteiger partial charge in [-0.2, -0.15) is 0 Å². The molecule has 100 valence electrons. The van der Waals surface area contributed by atoms with Gasteiger partial charge in [-0.25, -0.2) is 0 Å². The zero-order valence-corrected chi connectivity index (χ0v) is 11.9.